The third-order valence-corrected chi connectivity index (χ3v) is 3.01. The Kier molecular flexibility index (Phi) is 4.24. The molecule has 0 amide bonds. The Morgan fingerprint density at radius 2 is 1.61 bits per heavy atom. The van der Waals surface area contributed by atoms with Crippen LogP contribution in [0.1, 0.15) is 30.4 Å². The molecule has 2 nitrogen and oxygen atoms in total. The Hall–Kier alpha value is -1.07. The number of hydrogen-bond acceptors (Lipinski definition) is 2. The summed E-state index contributed by atoms with van der Waals surface area (Å²) in [6.45, 7) is 2.14. The van der Waals surface area contributed by atoms with Gasteiger partial charge in [0.2, 0.25) is 0 Å². The molecule has 0 unspecified atom stereocenters. The van der Waals surface area contributed by atoms with E-state index in [9.17, 15) is 13.2 Å². The summed E-state index contributed by atoms with van der Waals surface area (Å²) in [6, 6.07) is 5.11. The van der Waals surface area contributed by atoms with Gasteiger partial charge in [0.05, 0.1) is 12.2 Å². The van der Waals surface area contributed by atoms with E-state index in [4.69, 9.17) is 4.84 Å². The molecule has 1 fully saturated rings. The Labute approximate surface area is 104 Å². The van der Waals surface area contributed by atoms with Crippen molar-refractivity contribution in [2.75, 3.05) is 13.1 Å². The highest BCUT2D eigenvalue weighted by atomic mass is 19.4. The van der Waals surface area contributed by atoms with Gasteiger partial charge in [0, 0.05) is 13.1 Å². The van der Waals surface area contributed by atoms with E-state index in [-0.39, 0.29) is 0 Å². The fourth-order valence-electron chi connectivity index (χ4n) is 1.95. The number of nitrogens with zero attached hydrogens (tertiary/aromatic N) is 1. The van der Waals surface area contributed by atoms with Crippen LogP contribution in [0.25, 0.3) is 0 Å². The molecule has 18 heavy (non-hydrogen) atoms. The first-order chi connectivity index (χ1) is 8.55. The van der Waals surface area contributed by atoms with Crippen LogP contribution in [0, 0.1) is 0 Å². The molecule has 1 aromatic carbocycles. The number of halogens is 3. The van der Waals surface area contributed by atoms with Gasteiger partial charge in [0.15, 0.2) is 0 Å². The third kappa shape index (κ3) is 3.71. The smallest absolute Gasteiger partial charge is 0.294 e. The second-order valence-electron chi connectivity index (χ2n) is 4.46. The number of rotatable bonds is 3. The number of hydrogen-bond donors (Lipinski definition) is 0. The highest BCUT2D eigenvalue weighted by molar-refractivity contribution is 5.24. The molecule has 5 heteroatoms. The second-order valence-corrected chi connectivity index (χ2v) is 4.46. The normalized spacial score (nSPS) is 17.9. The summed E-state index contributed by atoms with van der Waals surface area (Å²) < 4.78 is 37.1. The molecular formula is C13H16F3NO. The van der Waals surface area contributed by atoms with Gasteiger partial charge < -0.3 is 0 Å². The number of alkyl halides is 3. The zero-order valence-corrected chi connectivity index (χ0v) is 10.0. The average molecular weight is 259 g/mol. The van der Waals surface area contributed by atoms with Crippen LogP contribution in [-0.2, 0) is 17.6 Å². The van der Waals surface area contributed by atoms with Crippen LogP contribution < -0.4 is 0 Å². The van der Waals surface area contributed by atoms with Gasteiger partial charge >= 0.3 is 6.18 Å². The maximum atomic E-state index is 12.4. The standard InChI is InChI=1S/C13H16F3NO/c14-13(15,16)12-6-4-11(5-7-12)10-18-17-8-2-1-3-9-17/h4-7H,1-3,8-10H2. The molecule has 100 valence electrons. The highest BCUT2D eigenvalue weighted by Crippen LogP contribution is 2.29. The summed E-state index contributed by atoms with van der Waals surface area (Å²) in [6.07, 6.45) is -0.813. The van der Waals surface area contributed by atoms with E-state index in [1.165, 1.54) is 18.6 Å². The minimum atomic E-state index is -4.27. The lowest BCUT2D eigenvalue weighted by molar-refractivity contribution is -0.178. The van der Waals surface area contributed by atoms with Crippen molar-refractivity contribution in [3.8, 4) is 0 Å². The van der Waals surface area contributed by atoms with Gasteiger partial charge in [-0.15, -0.1) is 0 Å². The second kappa shape index (κ2) is 5.71. The van der Waals surface area contributed by atoms with E-state index in [0.29, 0.717) is 6.61 Å². The van der Waals surface area contributed by atoms with E-state index in [2.05, 4.69) is 0 Å². The van der Waals surface area contributed by atoms with Crippen molar-refractivity contribution >= 4 is 0 Å². The van der Waals surface area contributed by atoms with Crippen LogP contribution in [-0.4, -0.2) is 18.2 Å². The topological polar surface area (TPSA) is 12.5 Å². The largest absolute Gasteiger partial charge is 0.416 e. The molecule has 1 aliphatic heterocycles. The summed E-state index contributed by atoms with van der Waals surface area (Å²) in [7, 11) is 0. The number of hydroxylamine groups is 2. The van der Waals surface area contributed by atoms with Gasteiger partial charge in [0.25, 0.3) is 0 Å². The minimum absolute atomic E-state index is 0.331. The van der Waals surface area contributed by atoms with Gasteiger partial charge in [-0.05, 0) is 30.5 Å². The van der Waals surface area contributed by atoms with Gasteiger partial charge in [0.1, 0.15) is 0 Å². The van der Waals surface area contributed by atoms with E-state index in [0.717, 1.165) is 43.6 Å². The molecule has 0 N–H and O–H groups in total. The van der Waals surface area contributed by atoms with E-state index in [1.54, 1.807) is 0 Å². The van der Waals surface area contributed by atoms with Gasteiger partial charge in [-0.25, -0.2) is 0 Å². The van der Waals surface area contributed by atoms with Crippen LogP contribution in [0.3, 0.4) is 0 Å². The van der Waals surface area contributed by atoms with Crippen LogP contribution >= 0.6 is 0 Å². The molecule has 0 aromatic heterocycles. The summed E-state index contributed by atoms with van der Waals surface area (Å²) >= 11 is 0. The molecule has 1 aromatic rings. The van der Waals surface area contributed by atoms with Crippen LogP contribution in [0.2, 0.25) is 0 Å². The van der Waals surface area contributed by atoms with Crippen molar-refractivity contribution in [3.05, 3.63) is 35.4 Å². The molecule has 1 heterocycles. The molecule has 0 saturated carbocycles. The molecule has 0 atom stereocenters. The first-order valence-corrected chi connectivity index (χ1v) is 6.10. The van der Waals surface area contributed by atoms with Crippen molar-refractivity contribution < 1.29 is 18.0 Å². The molecule has 0 spiro atoms. The number of piperidine rings is 1. The molecule has 1 aliphatic rings. The minimum Gasteiger partial charge on any atom is -0.294 e. The van der Waals surface area contributed by atoms with Crippen molar-refractivity contribution in [3.63, 3.8) is 0 Å². The third-order valence-electron chi connectivity index (χ3n) is 3.01. The molecule has 0 radical (unpaired) electrons. The fraction of sp³-hybridized carbons (Fsp3) is 0.538. The molecule has 2 rings (SSSR count). The van der Waals surface area contributed by atoms with Crippen LogP contribution in [0.15, 0.2) is 24.3 Å². The lowest BCUT2D eigenvalue weighted by atomic mass is 10.1. The van der Waals surface area contributed by atoms with Crippen molar-refractivity contribution in [2.24, 2.45) is 0 Å². The molecule has 0 aliphatic carbocycles. The predicted molar refractivity (Wildman–Crippen MR) is 61.7 cm³/mol. The maximum Gasteiger partial charge on any atom is 0.416 e. The summed E-state index contributed by atoms with van der Waals surface area (Å²) in [5, 5.41) is 1.89. The highest BCUT2D eigenvalue weighted by Gasteiger charge is 2.29. The maximum absolute atomic E-state index is 12.4. The lowest BCUT2D eigenvalue weighted by Gasteiger charge is -2.25. The van der Waals surface area contributed by atoms with Gasteiger partial charge in [-0.2, -0.15) is 18.2 Å². The quantitative estimate of drug-likeness (QED) is 0.822. The average Bonchev–Trinajstić information content (AvgIpc) is 2.37. The Morgan fingerprint density at radius 3 is 2.17 bits per heavy atom. The SMILES string of the molecule is FC(F)(F)c1ccc(CON2CCCCC2)cc1. The van der Waals surface area contributed by atoms with Crippen molar-refractivity contribution in [2.45, 2.75) is 32.0 Å². The monoisotopic (exact) mass is 259 g/mol. The first-order valence-electron chi connectivity index (χ1n) is 6.10. The Balaban J connectivity index is 1.86. The van der Waals surface area contributed by atoms with Crippen LogP contribution in [0.4, 0.5) is 13.2 Å². The van der Waals surface area contributed by atoms with E-state index in [1.807, 2.05) is 5.06 Å². The number of benzene rings is 1. The van der Waals surface area contributed by atoms with Crippen molar-refractivity contribution in [1.29, 1.82) is 0 Å². The Bertz CT molecular complexity index is 369. The zero-order valence-electron chi connectivity index (χ0n) is 10.0. The van der Waals surface area contributed by atoms with Crippen LogP contribution in [0.5, 0.6) is 0 Å². The van der Waals surface area contributed by atoms with E-state index >= 15 is 0 Å². The fourth-order valence-corrected chi connectivity index (χ4v) is 1.95. The molecule has 1 saturated heterocycles. The predicted octanol–water partition coefficient (Wildman–Crippen LogP) is 3.62. The molecule has 0 bridgehead atoms. The lowest BCUT2D eigenvalue weighted by Crippen LogP contribution is -2.29. The van der Waals surface area contributed by atoms with Gasteiger partial charge in [-0.3, -0.25) is 4.84 Å². The van der Waals surface area contributed by atoms with E-state index < -0.39 is 11.7 Å². The van der Waals surface area contributed by atoms with Crippen molar-refractivity contribution in [1.82, 2.24) is 5.06 Å². The summed E-state index contributed by atoms with van der Waals surface area (Å²) in [5.74, 6) is 0. The first kappa shape index (κ1) is 13.4. The summed E-state index contributed by atoms with van der Waals surface area (Å²) in [4.78, 5) is 5.55. The van der Waals surface area contributed by atoms with Gasteiger partial charge in [-0.1, -0.05) is 18.6 Å². The zero-order chi connectivity index (χ0) is 13.0. The molecular weight excluding hydrogens is 243 g/mol. The Morgan fingerprint density at radius 1 is 1.00 bits per heavy atom. The summed E-state index contributed by atoms with van der Waals surface area (Å²) in [5.41, 5.74) is 0.137.